The van der Waals surface area contributed by atoms with Gasteiger partial charge < -0.3 is 10.5 Å². The highest BCUT2D eigenvalue weighted by Crippen LogP contribution is 2.38. The first-order chi connectivity index (χ1) is 5.25. The predicted molar refractivity (Wildman–Crippen MR) is 46.5 cm³/mol. The molecule has 2 N–H and O–H groups in total. The van der Waals surface area contributed by atoms with Crippen molar-refractivity contribution in [2.45, 2.75) is 50.7 Å². The van der Waals surface area contributed by atoms with E-state index in [9.17, 15) is 0 Å². The average Bonchev–Trinajstić information content (AvgIpc) is 1.87. The maximum absolute atomic E-state index is 6.01. The molecule has 0 aromatic rings. The van der Waals surface area contributed by atoms with Crippen molar-refractivity contribution < 1.29 is 4.74 Å². The van der Waals surface area contributed by atoms with E-state index in [1.54, 1.807) is 7.11 Å². The maximum atomic E-state index is 6.01. The molecule has 0 amide bonds. The summed E-state index contributed by atoms with van der Waals surface area (Å²) >= 11 is 0. The molecule has 1 fully saturated rings. The van der Waals surface area contributed by atoms with E-state index in [1.807, 2.05) is 0 Å². The zero-order valence-electron chi connectivity index (χ0n) is 7.60. The molecule has 0 radical (unpaired) electrons. The predicted octanol–water partition coefficient (Wildman–Crippen LogP) is 1.68. The van der Waals surface area contributed by atoms with E-state index in [2.05, 4.69) is 6.92 Å². The molecule has 0 bridgehead atoms. The summed E-state index contributed by atoms with van der Waals surface area (Å²) in [6.07, 6.45) is 5.85. The van der Waals surface area contributed by atoms with E-state index in [4.69, 9.17) is 10.5 Å². The number of methoxy groups -OCH3 is 1. The van der Waals surface area contributed by atoms with Crippen molar-refractivity contribution in [3.8, 4) is 0 Å². The molecule has 0 spiro atoms. The molecule has 0 aliphatic heterocycles. The average molecular weight is 157 g/mol. The Balaban J connectivity index is 2.40. The van der Waals surface area contributed by atoms with Crippen LogP contribution in [-0.2, 0) is 4.74 Å². The van der Waals surface area contributed by atoms with Crippen molar-refractivity contribution in [3.05, 3.63) is 0 Å². The molecule has 1 aliphatic carbocycles. The molecule has 1 unspecified atom stereocenters. The largest absolute Gasteiger partial charge is 0.377 e. The molecular formula is C9H19NO. The van der Waals surface area contributed by atoms with Gasteiger partial charge in [-0.3, -0.25) is 0 Å². The minimum absolute atomic E-state index is 0.0516. The van der Waals surface area contributed by atoms with Crippen LogP contribution in [0, 0.1) is 0 Å². The van der Waals surface area contributed by atoms with Gasteiger partial charge in [0.2, 0.25) is 0 Å². The summed E-state index contributed by atoms with van der Waals surface area (Å²) in [5.41, 5.74) is 6.06. The van der Waals surface area contributed by atoms with Crippen LogP contribution in [0.1, 0.15) is 39.0 Å². The topological polar surface area (TPSA) is 35.2 Å². The quantitative estimate of drug-likeness (QED) is 0.674. The normalized spacial score (nSPS) is 24.3. The Hall–Kier alpha value is -0.0800. The second-order valence-electron chi connectivity index (χ2n) is 3.52. The third-order valence-electron chi connectivity index (χ3n) is 2.88. The van der Waals surface area contributed by atoms with Crippen LogP contribution < -0.4 is 5.73 Å². The lowest BCUT2D eigenvalue weighted by Crippen LogP contribution is -2.54. The standard InChI is InChI=1S/C9H19NO/c1-3-5-8(10)9(11-2)6-4-7-9/h8H,3-7,10H2,1-2H3. The van der Waals surface area contributed by atoms with Crippen LogP contribution in [0.5, 0.6) is 0 Å². The van der Waals surface area contributed by atoms with Gasteiger partial charge in [-0.2, -0.15) is 0 Å². The summed E-state index contributed by atoms with van der Waals surface area (Å²) in [5, 5.41) is 0. The van der Waals surface area contributed by atoms with Crippen LogP contribution in [0.4, 0.5) is 0 Å². The van der Waals surface area contributed by atoms with E-state index in [0.717, 1.165) is 25.7 Å². The Labute approximate surface area is 69.1 Å². The fourth-order valence-electron chi connectivity index (χ4n) is 1.83. The highest BCUT2D eigenvalue weighted by Gasteiger charge is 2.41. The van der Waals surface area contributed by atoms with Gasteiger partial charge in [0.15, 0.2) is 0 Å². The Morgan fingerprint density at radius 1 is 1.55 bits per heavy atom. The Kier molecular flexibility index (Phi) is 2.90. The third kappa shape index (κ3) is 1.57. The first-order valence-corrected chi connectivity index (χ1v) is 4.56. The number of hydrogen-bond acceptors (Lipinski definition) is 2. The third-order valence-corrected chi connectivity index (χ3v) is 2.88. The van der Waals surface area contributed by atoms with Gasteiger partial charge in [-0.1, -0.05) is 13.3 Å². The summed E-state index contributed by atoms with van der Waals surface area (Å²) in [7, 11) is 1.79. The molecule has 1 atom stereocenters. The van der Waals surface area contributed by atoms with Gasteiger partial charge in [-0.05, 0) is 25.7 Å². The second kappa shape index (κ2) is 3.55. The molecule has 0 saturated heterocycles. The van der Waals surface area contributed by atoms with E-state index in [0.29, 0.717) is 0 Å². The van der Waals surface area contributed by atoms with Gasteiger partial charge in [0.25, 0.3) is 0 Å². The highest BCUT2D eigenvalue weighted by atomic mass is 16.5. The monoisotopic (exact) mass is 157 g/mol. The molecule has 66 valence electrons. The van der Waals surface area contributed by atoms with Gasteiger partial charge in [0.05, 0.1) is 5.60 Å². The first kappa shape index (κ1) is 9.01. The van der Waals surface area contributed by atoms with E-state index in [-0.39, 0.29) is 11.6 Å². The minimum Gasteiger partial charge on any atom is -0.377 e. The van der Waals surface area contributed by atoms with Crippen molar-refractivity contribution in [1.29, 1.82) is 0 Å². The van der Waals surface area contributed by atoms with Crippen LogP contribution in [0.15, 0.2) is 0 Å². The van der Waals surface area contributed by atoms with E-state index in [1.165, 1.54) is 6.42 Å². The Morgan fingerprint density at radius 2 is 2.18 bits per heavy atom. The minimum atomic E-state index is 0.0516. The molecular weight excluding hydrogens is 138 g/mol. The number of ether oxygens (including phenoxy) is 1. The summed E-state index contributed by atoms with van der Waals surface area (Å²) in [5.74, 6) is 0. The van der Waals surface area contributed by atoms with Gasteiger partial charge in [0.1, 0.15) is 0 Å². The smallest absolute Gasteiger partial charge is 0.0828 e. The van der Waals surface area contributed by atoms with Crippen molar-refractivity contribution in [3.63, 3.8) is 0 Å². The number of nitrogens with two attached hydrogens (primary N) is 1. The van der Waals surface area contributed by atoms with E-state index < -0.39 is 0 Å². The van der Waals surface area contributed by atoms with Gasteiger partial charge >= 0.3 is 0 Å². The highest BCUT2D eigenvalue weighted by molar-refractivity contribution is 4.97. The van der Waals surface area contributed by atoms with Crippen LogP contribution in [0.25, 0.3) is 0 Å². The van der Waals surface area contributed by atoms with Crippen molar-refractivity contribution in [1.82, 2.24) is 0 Å². The lowest BCUT2D eigenvalue weighted by molar-refractivity contribution is -0.0914. The van der Waals surface area contributed by atoms with Crippen LogP contribution in [-0.4, -0.2) is 18.8 Å². The van der Waals surface area contributed by atoms with Crippen LogP contribution >= 0.6 is 0 Å². The molecule has 0 heterocycles. The molecule has 1 rings (SSSR count). The maximum Gasteiger partial charge on any atom is 0.0828 e. The van der Waals surface area contributed by atoms with Gasteiger partial charge in [-0.15, -0.1) is 0 Å². The van der Waals surface area contributed by atoms with Gasteiger partial charge in [-0.25, -0.2) is 0 Å². The Bertz CT molecular complexity index is 115. The molecule has 1 saturated carbocycles. The molecule has 0 aromatic heterocycles. The van der Waals surface area contributed by atoms with Crippen molar-refractivity contribution in [2.75, 3.05) is 7.11 Å². The van der Waals surface area contributed by atoms with Crippen molar-refractivity contribution >= 4 is 0 Å². The lowest BCUT2D eigenvalue weighted by Gasteiger charge is -2.45. The summed E-state index contributed by atoms with van der Waals surface area (Å²) in [4.78, 5) is 0. The lowest BCUT2D eigenvalue weighted by atomic mass is 9.73. The van der Waals surface area contributed by atoms with E-state index >= 15 is 0 Å². The van der Waals surface area contributed by atoms with Crippen LogP contribution in [0.2, 0.25) is 0 Å². The molecule has 0 aromatic carbocycles. The SMILES string of the molecule is CCCC(N)C1(OC)CCC1. The zero-order valence-corrected chi connectivity index (χ0v) is 7.60. The Morgan fingerprint density at radius 3 is 2.45 bits per heavy atom. The summed E-state index contributed by atoms with van der Waals surface area (Å²) < 4.78 is 5.46. The fourth-order valence-corrected chi connectivity index (χ4v) is 1.83. The number of rotatable bonds is 4. The number of hydrogen-bond donors (Lipinski definition) is 1. The summed E-state index contributed by atoms with van der Waals surface area (Å²) in [6.45, 7) is 2.17. The molecule has 11 heavy (non-hydrogen) atoms. The second-order valence-corrected chi connectivity index (χ2v) is 3.52. The van der Waals surface area contributed by atoms with Crippen molar-refractivity contribution in [2.24, 2.45) is 5.73 Å². The first-order valence-electron chi connectivity index (χ1n) is 4.56. The summed E-state index contributed by atoms with van der Waals surface area (Å²) in [6, 6.07) is 0.256. The van der Waals surface area contributed by atoms with Crippen LogP contribution in [0.3, 0.4) is 0 Å². The zero-order chi connectivity index (χ0) is 8.32. The fraction of sp³-hybridized carbons (Fsp3) is 1.00. The molecule has 2 nitrogen and oxygen atoms in total. The van der Waals surface area contributed by atoms with Gasteiger partial charge in [0, 0.05) is 13.2 Å². The molecule has 1 aliphatic rings. The molecule has 2 heteroatoms.